The van der Waals surface area contributed by atoms with Gasteiger partial charge in [-0.15, -0.1) is 0 Å². The maximum atomic E-state index is 11.5. The molecule has 0 unspecified atom stereocenters. The first-order valence-electron chi connectivity index (χ1n) is 4.40. The van der Waals surface area contributed by atoms with Gasteiger partial charge in [0.05, 0.1) is 10.6 Å². The number of nitrogens with two attached hydrogens (primary N) is 1. The molecule has 1 atom stereocenters. The molecule has 0 amide bonds. The molecule has 0 spiro atoms. The smallest absolute Gasteiger partial charge is 0.179 e. The van der Waals surface area contributed by atoms with E-state index in [2.05, 4.69) is 4.98 Å². The van der Waals surface area contributed by atoms with Crippen LogP contribution in [0.2, 0.25) is 0 Å². The highest BCUT2D eigenvalue weighted by Crippen LogP contribution is 2.15. The summed E-state index contributed by atoms with van der Waals surface area (Å²) in [5.41, 5.74) is 6.37. The maximum Gasteiger partial charge on any atom is 0.179 e. The average molecular weight is 214 g/mol. The molecule has 0 saturated heterocycles. The van der Waals surface area contributed by atoms with Crippen LogP contribution in [-0.4, -0.2) is 19.2 Å². The van der Waals surface area contributed by atoms with Gasteiger partial charge in [-0.1, -0.05) is 6.92 Å². The zero-order valence-electron chi connectivity index (χ0n) is 8.27. The first-order chi connectivity index (χ1) is 6.47. The molecule has 4 nitrogen and oxygen atoms in total. The van der Waals surface area contributed by atoms with Crippen molar-refractivity contribution in [3.8, 4) is 0 Å². The SMILES string of the molecule is CCS(=O)(=O)c1cncc([C@H](C)N)c1. The van der Waals surface area contributed by atoms with Crippen molar-refractivity contribution in [2.24, 2.45) is 5.73 Å². The molecule has 2 N–H and O–H groups in total. The van der Waals surface area contributed by atoms with Crippen molar-refractivity contribution in [1.82, 2.24) is 4.98 Å². The first-order valence-corrected chi connectivity index (χ1v) is 6.06. The lowest BCUT2D eigenvalue weighted by molar-refractivity contribution is 0.596. The quantitative estimate of drug-likeness (QED) is 0.811. The van der Waals surface area contributed by atoms with E-state index in [1.54, 1.807) is 26.1 Å². The Labute approximate surface area is 84.1 Å². The summed E-state index contributed by atoms with van der Waals surface area (Å²) in [6, 6.07) is 1.38. The van der Waals surface area contributed by atoms with Crippen LogP contribution in [0.5, 0.6) is 0 Å². The molecule has 5 heteroatoms. The van der Waals surface area contributed by atoms with E-state index in [1.807, 2.05) is 0 Å². The van der Waals surface area contributed by atoms with Crippen LogP contribution in [0.15, 0.2) is 23.4 Å². The summed E-state index contributed by atoms with van der Waals surface area (Å²) in [6.07, 6.45) is 2.93. The Morgan fingerprint density at radius 2 is 2.14 bits per heavy atom. The van der Waals surface area contributed by atoms with E-state index in [0.717, 1.165) is 5.56 Å². The van der Waals surface area contributed by atoms with Crippen molar-refractivity contribution in [2.45, 2.75) is 24.8 Å². The minimum atomic E-state index is -3.17. The van der Waals surface area contributed by atoms with Crippen molar-refractivity contribution >= 4 is 9.84 Å². The third-order valence-electron chi connectivity index (χ3n) is 2.00. The lowest BCUT2D eigenvalue weighted by Gasteiger charge is -2.06. The number of nitrogens with zero attached hydrogens (tertiary/aromatic N) is 1. The number of sulfone groups is 1. The summed E-state index contributed by atoms with van der Waals surface area (Å²) in [4.78, 5) is 4.11. The molecule has 1 aromatic heterocycles. The van der Waals surface area contributed by atoms with Gasteiger partial charge in [0, 0.05) is 18.4 Å². The molecule has 0 aromatic carbocycles. The van der Waals surface area contributed by atoms with Crippen LogP contribution in [0, 0.1) is 0 Å². The Hall–Kier alpha value is -0.940. The summed E-state index contributed by atoms with van der Waals surface area (Å²) in [7, 11) is -3.17. The normalized spacial score (nSPS) is 13.9. The maximum absolute atomic E-state index is 11.5. The van der Waals surface area contributed by atoms with Gasteiger partial charge in [0.1, 0.15) is 0 Å². The summed E-state index contributed by atoms with van der Waals surface area (Å²) < 4.78 is 23.0. The molecule has 1 rings (SSSR count). The molecule has 1 aromatic rings. The lowest BCUT2D eigenvalue weighted by atomic mass is 10.2. The van der Waals surface area contributed by atoms with Gasteiger partial charge in [-0.05, 0) is 18.6 Å². The molecule has 0 saturated carbocycles. The highest BCUT2D eigenvalue weighted by molar-refractivity contribution is 7.91. The van der Waals surface area contributed by atoms with E-state index in [4.69, 9.17) is 5.73 Å². The summed E-state index contributed by atoms with van der Waals surface area (Å²) in [5, 5.41) is 0. The van der Waals surface area contributed by atoms with Crippen LogP contribution in [0.25, 0.3) is 0 Å². The first kappa shape index (κ1) is 11.1. The molecule has 0 fully saturated rings. The van der Waals surface area contributed by atoms with Crippen molar-refractivity contribution < 1.29 is 8.42 Å². The van der Waals surface area contributed by atoms with Crippen LogP contribution in [0.4, 0.5) is 0 Å². The highest BCUT2D eigenvalue weighted by atomic mass is 32.2. The van der Waals surface area contributed by atoms with E-state index in [1.165, 1.54) is 6.20 Å². The van der Waals surface area contributed by atoms with E-state index in [0.29, 0.717) is 0 Å². The second kappa shape index (κ2) is 4.06. The average Bonchev–Trinajstić information content (AvgIpc) is 2.18. The lowest BCUT2D eigenvalue weighted by Crippen LogP contribution is -2.09. The third-order valence-corrected chi connectivity index (χ3v) is 3.70. The highest BCUT2D eigenvalue weighted by Gasteiger charge is 2.13. The van der Waals surface area contributed by atoms with Gasteiger partial charge < -0.3 is 5.73 Å². The molecule has 0 aliphatic heterocycles. The van der Waals surface area contributed by atoms with Crippen LogP contribution >= 0.6 is 0 Å². The largest absolute Gasteiger partial charge is 0.324 e. The van der Waals surface area contributed by atoms with Gasteiger partial charge >= 0.3 is 0 Å². The standard InChI is InChI=1S/C9H14N2O2S/c1-3-14(12,13)9-4-8(7(2)10)5-11-6-9/h4-7H,3,10H2,1-2H3/t7-/m0/s1. The van der Waals surface area contributed by atoms with Crippen molar-refractivity contribution in [2.75, 3.05) is 5.75 Å². The van der Waals surface area contributed by atoms with Gasteiger partial charge in [0.15, 0.2) is 9.84 Å². The van der Waals surface area contributed by atoms with Gasteiger partial charge in [-0.25, -0.2) is 8.42 Å². The predicted molar refractivity (Wildman–Crippen MR) is 54.6 cm³/mol. The minimum absolute atomic E-state index is 0.0804. The fraction of sp³-hybridized carbons (Fsp3) is 0.444. The van der Waals surface area contributed by atoms with Crippen molar-refractivity contribution in [3.63, 3.8) is 0 Å². The Bertz CT molecular complexity index is 413. The fourth-order valence-electron chi connectivity index (χ4n) is 1.02. The minimum Gasteiger partial charge on any atom is -0.324 e. The zero-order chi connectivity index (χ0) is 10.8. The topological polar surface area (TPSA) is 73.0 Å². The van der Waals surface area contributed by atoms with E-state index >= 15 is 0 Å². The zero-order valence-corrected chi connectivity index (χ0v) is 9.08. The van der Waals surface area contributed by atoms with Gasteiger partial charge in [0.2, 0.25) is 0 Å². The summed E-state index contributed by atoms with van der Waals surface area (Å²) in [6.45, 7) is 3.40. The second-order valence-corrected chi connectivity index (χ2v) is 5.42. The van der Waals surface area contributed by atoms with Gasteiger partial charge in [0.25, 0.3) is 0 Å². The van der Waals surface area contributed by atoms with Gasteiger partial charge in [-0.3, -0.25) is 4.98 Å². The third kappa shape index (κ3) is 2.30. The summed E-state index contributed by atoms with van der Waals surface area (Å²) in [5.74, 6) is 0.0804. The van der Waals surface area contributed by atoms with Crippen molar-refractivity contribution in [3.05, 3.63) is 24.0 Å². The Morgan fingerprint density at radius 1 is 1.50 bits per heavy atom. The number of pyridine rings is 1. The number of rotatable bonds is 3. The van der Waals surface area contributed by atoms with Crippen LogP contribution in [0.1, 0.15) is 25.5 Å². The van der Waals surface area contributed by atoms with E-state index in [-0.39, 0.29) is 16.7 Å². The van der Waals surface area contributed by atoms with Crippen molar-refractivity contribution in [1.29, 1.82) is 0 Å². The Morgan fingerprint density at radius 3 is 2.64 bits per heavy atom. The van der Waals surface area contributed by atoms with Crippen LogP contribution < -0.4 is 5.73 Å². The fourth-order valence-corrected chi connectivity index (χ4v) is 1.89. The summed E-state index contributed by atoms with van der Waals surface area (Å²) >= 11 is 0. The van der Waals surface area contributed by atoms with Crippen LogP contribution in [-0.2, 0) is 9.84 Å². The predicted octanol–water partition coefficient (Wildman–Crippen LogP) is 0.895. The molecule has 0 radical (unpaired) electrons. The number of aromatic nitrogens is 1. The molecule has 0 bridgehead atoms. The number of hydrogen-bond acceptors (Lipinski definition) is 4. The van der Waals surface area contributed by atoms with E-state index < -0.39 is 9.84 Å². The van der Waals surface area contributed by atoms with Gasteiger partial charge in [-0.2, -0.15) is 0 Å². The molecule has 0 aliphatic carbocycles. The molecule has 1 heterocycles. The van der Waals surface area contributed by atoms with Crippen LogP contribution in [0.3, 0.4) is 0 Å². The second-order valence-electron chi connectivity index (χ2n) is 3.15. The monoisotopic (exact) mass is 214 g/mol. The van der Waals surface area contributed by atoms with E-state index in [9.17, 15) is 8.42 Å². The molecular weight excluding hydrogens is 200 g/mol. The Balaban J connectivity index is 3.19. The molecule has 14 heavy (non-hydrogen) atoms. The molecule has 0 aliphatic rings. The molecular formula is C9H14N2O2S. The molecule has 78 valence electrons. The number of hydrogen-bond donors (Lipinski definition) is 1. The Kier molecular flexibility index (Phi) is 3.23.